The number of amides is 1. The van der Waals surface area contributed by atoms with E-state index in [4.69, 9.17) is 23.7 Å². The summed E-state index contributed by atoms with van der Waals surface area (Å²) in [5, 5.41) is 7.00. The van der Waals surface area contributed by atoms with Gasteiger partial charge in [-0.05, 0) is 49.7 Å². The van der Waals surface area contributed by atoms with Gasteiger partial charge in [-0.25, -0.2) is 14.5 Å². The number of nitrogens with one attached hydrogen (secondary N) is 1. The van der Waals surface area contributed by atoms with Crippen LogP contribution in [0.3, 0.4) is 0 Å². The van der Waals surface area contributed by atoms with Crippen molar-refractivity contribution in [3.05, 3.63) is 60.4 Å². The van der Waals surface area contributed by atoms with Gasteiger partial charge in [0.25, 0.3) is 0 Å². The summed E-state index contributed by atoms with van der Waals surface area (Å²) in [6.45, 7) is 4.39. The lowest BCUT2D eigenvalue weighted by molar-refractivity contribution is -0.292. The molecule has 0 saturated carbocycles. The largest absolute Gasteiger partial charge is 0.416 e. The SMILES string of the molecule is CCCCO[C@@H]1[C@@H](OC)[C@H](C)O[C@H](OC(=O)Nc2ccc(-n3cnc(-c4ccc(C(F)(F)F)cc4)n3)cc2)[C@@H]1OC. The summed E-state index contributed by atoms with van der Waals surface area (Å²) in [6, 6.07) is 11.3. The standard InChI is InChI=1S/C28H33F3N4O6/c1-5-6-15-39-23-22(37-3)17(2)40-26(24(23)38-4)41-27(36)33-20-11-13-21(14-12-20)35-16-32-25(34-35)18-7-9-19(10-8-18)28(29,30)31/h7-14,16-17,22-24,26H,5-6,15H2,1-4H3,(H,33,36)/t17-,22-,23+,24+,26+/m0/s1. The number of aromatic nitrogens is 3. The number of ether oxygens (including phenoxy) is 5. The predicted octanol–water partition coefficient (Wildman–Crippen LogP) is 5.46. The summed E-state index contributed by atoms with van der Waals surface area (Å²) in [4.78, 5) is 16.9. The first-order chi connectivity index (χ1) is 19.6. The number of halogens is 3. The van der Waals surface area contributed by atoms with Gasteiger partial charge in [-0.3, -0.25) is 5.32 Å². The van der Waals surface area contributed by atoms with Crippen molar-refractivity contribution in [1.29, 1.82) is 0 Å². The fourth-order valence-electron chi connectivity index (χ4n) is 4.47. The lowest BCUT2D eigenvalue weighted by atomic mass is 9.99. The topological polar surface area (TPSA) is 106 Å². The van der Waals surface area contributed by atoms with Crippen LogP contribution in [0.1, 0.15) is 32.3 Å². The fraction of sp³-hybridized carbons (Fsp3) is 0.464. The Morgan fingerprint density at radius 2 is 1.71 bits per heavy atom. The highest BCUT2D eigenvalue weighted by Gasteiger charge is 2.47. The maximum atomic E-state index is 12.8. The molecule has 2 aromatic carbocycles. The fourth-order valence-corrected chi connectivity index (χ4v) is 4.47. The lowest BCUT2D eigenvalue weighted by Crippen LogP contribution is -2.60. The molecular weight excluding hydrogens is 545 g/mol. The maximum Gasteiger partial charge on any atom is 0.416 e. The zero-order valence-corrected chi connectivity index (χ0v) is 23.1. The summed E-state index contributed by atoms with van der Waals surface area (Å²) in [5.41, 5.74) is 0.770. The van der Waals surface area contributed by atoms with Gasteiger partial charge in [0.1, 0.15) is 24.6 Å². The summed E-state index contributed by atoms with van der Waals surface area (Å²) in [5.74, 6) is 0.270. The molecule has 1 aromatic heterocycles. The summed E-state index contributed by atoms with van der Waals surface area (Å²) in [6.07, 6.45) is -4.91. The van der Waals surface area contributed by atoms with Gasteiger partial charge in [0, 0.05) is 32.1 Å². The van der Waals surface area contributed by atoms with Gasteiger partial charge >= 0.3 is 12.3 Å². The second kappa shape index (κ2) is 13.4. The third kappa shape index (κ3) is 7.41. The number of methoxy groups -OCH3 is 2. The van der Waals surface area contributed by atoms with Crippen molar-refractivity contribution < 1.29 is 41.7 Å². The van der Waals surface area contributed by atoms with Gasteiger partial charge in [0.15, 0.2) is 5.82 Å². The molecule has 1 amide bonds. The first-order valence-corrected chi connectivity index (χ1v) is 13.1. The molecule has 1 fully saturated rings. The number of carbonyl (C=O) groups is 1. The Bertz CT molecular complexity index is 1270. The summed E-state index contributed by atoms with van der Waals surface area (Å²) < 4.78 is 68.6. The van der Waals surface area contributed by atoms with Crippen LogP contribution >= 0.6 is 0 Å². The molecule has 1 N–H and O–H groups in total. The number of nitrogens with zero attached hydrogens (tertiary/aromatic N) is 3. The Morgan fingerprint density at radius 1 is 1.02 bits per heavy atom. The minimum absolute atomic E-state index is 0.270. The van der Waals surface area contributed by atoms with E-state index < -0.39 is 48.5 Å². The van der Waals surface area contributed by atoms with Crippen LogP contribution in [-0.2, 0) is 29.9 Å². The zero-order chi connectivity index (χ0) is 29.6. The molecule has 2 heterocycles. The van der Waals surface area contributed by atoms with Crippen LogP contribution in [-0.4, -0.2) is 72.4 Å². The lowest BCUT2D eigenvalue weighted by Gasteiger charge is -2.43. The van der Waals surface area contributed by atoms with Crippen molar-refractivity contribution in [2.75, 3.05) is 26.1 Å². The predicted molar refractivity (Wildman–Crippen MR) is 142 cm³/mol. The van der Waals surface area contributed by atoms with E-state index in [0.29, 0.717) is 23.5 Å². The van der Waals surface area contributed by atoms with Crippen molar-refractivity contribution in [1.82, 2.24) is 14.8 Å². The van der Waals surface area contributed by atoms with Crippen LogP contribution in [0.25, 0.3) is 17.1 Å². The molecule has 0 unspecified atom stereocenters. The number of unbranched alkanes of at least 4 members (excludes halogenated alkanes) is 1. The van der Waals surface area contributed by atoms with Gasteiger partial charge in [0.05, 0.1) is 17.4 Å². The highest BCUT2D eigenvalue weighted by molar-refractivity contribution is 5.84. The molecule has 10 nitrogen and oxygen atoms in total. The Morgan fingerprint density at radius 3 is 2.32 bits per heavy atom. The molecule has 1 aliphatic rings. The molecule has 41 heavy (non-hydrogen) atoms. The molecule has 1 saturated heterocycles. The molecule has 4 rings (SSSR count). The van der Waals surface area contributed by atoms with E-state index in [1.807, 2.05) is 6.92 Å². The third-order valence-electron chi connectivity index (χ3n) is 6.64. The number of alkyl halides is 3. The van der Waals surface area contributed by atoms with Crippen LogP contribution in [0.15, 0.2) is 54.9 Å². The average molecular weight is 579 g/mol. The van der Waals surface area contributed by atoms with E-state index in [9.17, 15) is 18.0 Å². The Balaban J connectivity index is 1.38. The Labute approximate surface area is 235 Å². The molecule has 3 aromatic rings. The molecule has 1 aliphatic heterocycles. The highest BCUT2D eigenvalue weighted by atomic mass is 19.4. The summed E-state index contributed by atoms with van der Waals surface area (Å²) >= 11 is 0. The number of hydrogen-bond donors (Lipinski definition) is 1. The monoisotopic (exact) mass is 578 g/mol. The second-order valence-electron chi connectivity index (χ2n) is 9.46. The number of carbonyl (C=O) groups excluding carboxylic acids is 1. The van der Waals surface area contributed by atoms with Crippen LogP contribution < -0.4 is 5.32 Å². The molecule has 0 bridgehead atoms. The van der Waals surface area contributed by atoms with E-state index >= 15 is 0 Å². The van der Waals surface area contributed by atoms with E-state index in [1.54, 1.807) is 31.4 Å². The molecule has 222 valence electrons. The smallest absolute Gasteiger partial charge is 0.416 e. The third-order valence-corrected chi connectivity index (χ3v) is 6.64. The Kier molecular flexibility index (Phi) is 9.97. The van der Waals surface area contributed by atoms with Crippen molar-refractivity contribution in [2.45, 2.75) is 63.6 Å². The van der Waals surface area contributed by atoms with Crippen LogP contribution in [0.2, 0.25) is 0 Å². The van der Waals surface area contributed by atoms with Crippen LogP contribution in [0.5, 0.6) is 0 Å². The Hall–Kier alpha value is -3.52. The normalized spacial score (nSPS) is 22.9. The number of hydrogen-bond acceptors (Lipinski definition) is 8. The van der Waals surface area contributed by atoms with E-state index in [-0.39, 0.29) is 5.82 Å². The quantitative estimate of drug-likeness (QED) is 0.316. The van der Waals surface area contributed by atoms with Gasteiger partial charge in [-0.1, -0.05) is 25.5 Å². The maximum absolute atomic E-state index is 12.8. The molecule has 0 aliphatic carbocycles. The van der Waals surface area contributed by atoms with Gasteiger partial charge in [0.2, 0.25) is 6.29 Å². The highest BCUT2D eigenvalue weighted by Crippen LogP contribution is 2.31. The first-order valence-electron chi connectivity index (χ1n) is 13.1. The minimum Gasteiger partial charge on any atom is -0.416 e. The van der Waals surface area contributed by atoms with Crippen molar-refractivity contribution in [3.8, 4) is 17.1 Å². The van der Waals surface area contributed by atoms with Gasteiger partial charge in [-0.15, -0.1) is 5.10 Å². The minimum atomic E-state index is -4.42. The second-order valence-corrected chi connectivity index (χ2v) is 9.46. The number of benzene rings is 2. The molecule has 0 radical (unpaired) electrons. The molecule has 5 atom stereocenters. The molecule has 13 heteroatoms. The van der Waals surface area contributed by atoms with E-state index in [0.717, 1.165) is 25.0 Å². The van der Waals surface area contributed by atoms with Crippen LogP contribution in [0.4, 0.5) is 23.7 Å². The number of anilines is 1. The van der Waals surface area contributed by atoms with Crippen molar-refractivity contribution >= 4 is 11.8 Å². The average Bonchev–Trinajstić information content (AvgIpc) is 3.44. The summed E-state index contributed by atoms with van der Waals surface area (Å²) in [7, 11) is 3.06. The van der Waals surface area contributed by atoms with Gasteiger partial charge < -0.3 is 23.7 Å². The zero-order valence-electron chi connectivity index (χ0n) is 23.1. The van der Waals surface area contributed by atoms with Crippen molar-refractivity contribution in [2.24, 2.45) is 0 Å². The first kappa shape index (κ1) is 30.4. The van der Waals surface area contributed by atoms with Gasteiger partial charge in [-0.2, -0.15) is 13.2 Å². The molecule has 0 spiro atoms. The van der Waals surface area contributed by atoms with Crippen molar-refractivity contribution in [3.63, 3.8) is 0 Å². The van der Waals surface area contributed by atoms with E-state index in [2.05, 4.69) is 22.3 Å². The molecular formula is C28H33F3N4O6. The van der Waals surface area contributed by atoms with Crippen LogP contribution in [0, 0.1) is 0 Å². The number of rotatable bonds is 10. The van der Waals surface area contributed by atoms with E-state index in [1.165, 1.54) is 30.3 Å².